The van der Waals surface area contributed by atoms with Crippen LogP contribution in [0, 0.1) is 5.41 Å². The summed E-state index contributed by atoms with van der Waals surface area (Å²) in [5.74, 6) is 1.16. The third kappa shape index (κ3) is 4.40. The molecule has 1 aromatic rings. The number of nitrogens with zero attached hydrogens (tertiary/aromatic N) is 1. The van der Waals surface area contributed by atoms with Crippen molar-refractivity contribution in [2.45, 2.75) is 26.5 Å². The highest BCUT2D eigenvalue weighted by Gasteiger charge is 2.30. The number of benzene rings is 1. The van der Waals surface area contributed by atoms with Crippen LogP contribution in [0.1, 0.15) is 18.9 Å². The molecule has 2 aliphatic rings. The second kappa shape index (κ2) is 7.72. The van der Waals surface area contributed by atoms with Gasteiger partial charge in [-0.1, -0.05) is 6.92 Å². The Labute approximate surface area is 146 Å². The zero-order chi connectivity index (χ0) is 16.4. The molecule has 1 N–H and O–H groups in total. The molecule has 136 valence electrons. The van der Waals surface area contributed by atoms with Crippen LogP contribution in [0.25, 0.3) is 0 Å². The molecule has 1 fully saturated rings. The van der Waals surface area contributed by atoms with Gasteiger partial charge in [0.25, 0.3) is 0 Å². The van der Waals surface area contributed by atoms with Crippen molar-refractivity contribution < 1.29 is 23.0 Å². The highest BCUT2D eigenvalue weighted by atomic mass is 35.5. The van der Waals surface area contributed by atoms with E-state index in [0.29, 0.717) is 23.6 Å². The van der Waals surface area contributed by atoms with E-state index in [1.54, 1.807) is 6.07 Å². The molecular formula is C16H23ClF2N2O3. The van der Waals surface area contributed by atoms with Crippen LogP contribution in [0.4, 0.5) is 8.78 Å². The lowest BCUT2D eigenvalue weighted by atomic mass is 9.89. The molecule has 1 unspecified atom stereocenters. The SMILES string of the molecule is CN(Cc1cc2c(cc1OC(F)F)OCO2)CC1(C)CCNC1.Cl. The number of ether oxygens (including phenoxy) is 3. The molecule has 0 aliphatic carbocycles. The molecule has 1 saturated heterocycles. The summed E-state index contributed by atoms with van der Waals surface area (Å²) in [6.45, 7) is 2.85. The Balaban J connectivity index is 0.00000208. The van der Waals surface area contributed by atoms with Gasteiger partial charge in [-0.2, -0.15) is 8.78 Å². The largest absolute Gasteiger partial charge is 0.454 e. The first-order valence-corrected chi connectivity index (χ1v) is 7.72. The fourth-order valence-corrected chi connectivity index (χ4v) is 3.30. The van der Waals surface area contributed by atoms with Crippen molar-refractivity contribution in [1.82, 2.24) is 10.2 Å². The van der Waals surface area contributed by atoms with Crippen molar-refractivity contribution in [1.29, 1.82) is 0 Å². The summed E-state index contributed by atoms with van der Waals surface area (Å²) in [6, 6.07) is 3.21. The first kappa shape index (κ1) is 19.0. The fourth-order valence-electron chi connectivity index (χ4n) is 3.30. The molecule has 1 aromatic carbocycles. The molecule has 24 heavy (non-hydrogen) atoms. The van der Waals surface area contributed by atoms with E-state index in [9.17, 15) is 8.78 Å². The second-order valence-corrected chi connectivity index (χ2v) is 6.60. The fraction of sp³-hybridized carbons (Fsp3) is 0.625. The number of fused-ring (bicyclic) bond motifs is 1. The second-order valence-electron chi connectivity index (χ2n) is 6.60. The molecule has 2 heterocycles. The van der Waals surface area contributed by atoms with Crippen molar-refractivity contribution in [2.75, 3.05) is 33.5 Å². The van der Waals surface area contributed by atoms with Crippen molar-refractivity contribution in [3.8, 4) is 17.2 Å². The molecule has 2 aliphatic heterocycles. The minimum atomic E-state index is -2.86. The number of hydrogen-bond donors (Lipinski definition) is 1. The van der Waals surface area contributed by atoms with Crippen LogP contribution in [-0.4, -0.2) is 45.0 Å². The lowest BCUT2D eigenvalue weighted by Gasteiger charge is -2.29. The average molecular weight is 365 g/mol. The van der Waals surface area contributed by atoms with E-state index in [4.69, 9.17) is 9.47 Å². The molecule has 0 spiro atoms. The number of halogens is 3. The summed E-state index contributed by atoms with van der Waals surface area (Å²) in [4.78, 5) is 2.13. The standard InChI is InChI=1S/C16H22F2N2O3.ClH/c1-16(3-4-19-8-16)9-20(2)7-11-5-13-14(22-10-21-13)6-12(11)23-15(17)18;/h5-6,15,19H,3-4,7-10H2,1-2H3;1H. The highest BCUT2D eigenvalue weighted by molar-refractivity contribution is 5.85. The normalized spacial score (nSPS) is 22.1. The van der Waals surface area contributed by atoms with Crippen molar-refractivity contribution in [3.05, 3.63) is 17.7 Å². The highest BCUT2D eigenvalue weighted by Crippen LogP contribution is 2.39. The van der Waals surface area contributed by atoms with Crippen molar-refractivity contribution in [3.63, 3.8) is 0 Å². The summed E-state index contributed by atoms with van der Waals surface area (Å²) in [7, 11) is 1.99. The van der Waals surface area contributed by atoms with Crippen LogP contribution in [0.15, 0.2) is 12.1 Å². The van der Waals surface area contributed by atoms with Crippen LogP contribution < -0.4 is 19.5 Å². The maximum Gasteiger partial charge on any atom is 0.387 e. The van der Waals surface area contributed by atoms with Crippen LogP contribution in [-0.2, 0) is 6.54 Å². The smallest absolute Gasteiger partial charge is 0.387 e. The van der Waals surface area contributed by atoms with Crippen LogP contribution in [0.3, 0.4) is 0 Å². The third-order valence-electron chi connectivity index (χ3n) is 4.32. The van der Waals surface area contributed by atoms with Gasteiger partial charge in [0.05, 0.1) is 0 Å². The first-order chi connectivity index (χ1) is 11.0. The van der Waals surface area contributed by atoms with Gasteiger partial charge in [0, 0.05) is 31.3 Å². The number of alkyl halides is 2. The molecule has 0 amide bonds. The molecule has 0 aromatic heterocycles. The Hall–Kier alpha value is -1.31. The monoisotopic (exact) mass is 364 g/mol. The molecule has 8 heteroatoms. The maximum atomic E-state index is 12.7. The van der Waals surface area contributed by atoms with E-state index < -0.39 is 6.61 Å². The lowest BCUT2D eigenvalue weighted by molar-refractivity contribution is -0.0508. The van der Waals surface area contributed by atoms with Gasteiger partial charge in [0.1, 0.15) is 5.75 Å². The van der Waals surface area contributed by atoms with Gasteiger partial charge in [-0.3, -0.25) is 0 Å². The molecule has 5 nitrogen and oxygen atoms in total. The summed E-state index contributed by atoms with van der Waals surface area (Å²) in [5, 5.41) is 3.37. The third-order valence-corrected chi connectivity index (χ3v) is 4.32. The number of hydrogen-bond acceptors (Lipinski definition) is 5. The lowest BCUT2D eigenvalue weighted by Crippen LogP contribution is -2.34. The van der Waals surface area contributed by atoms with Gasteiger partial charge in [-0.25, -0.2) is 0 Å². The van der Waals surface area contributed by atoms with Gasteiger partial charge in [0.15, 0.2) is 11.5 Å². The number of nitrogens with one attached hydrogen (secondary N) is 1. The Kier molecular flexibility index (Phi) is 6.11. The Morgan fingerprint density at radius 1 is 1.33 bits per heavy atom. The van der Waals surface area contributed by atoms with E-state index in [0.717, 1.165) is 26.1 Å². The summed E-state index contributed by atoms with van der Waals surface area (Å²) < 4.78 is 40.6. The molecular weight excluding hydrogens is 342 g/mol. The first-order valence-electron chi connectivity index (χ1n) is 7.72. The van der Waals surface area contributed by atoms with Gasteiger partial charge in [0.2, 0.25) is 6.79 Å². The molecule has 1 atom stereocenters. The van der Waals surface area contributed by atoms with E-state index in [2.05, 4.69) is 21.9 Å². The quantitative estimate of drug-likeness (QED) is 0.840. The van der Waals surface area contributed by atoms with Crippen molar-refractivity contribution >= 4 is 12.4 Å². The van der Waals surface area contributed by atoms with Crippen LogP contribution in [0.2, 0.25) is 0 Å². The molecule has 0 saturated carbocycles. The predicted octanol–water partition coefficient (Wildman–Crippen LogP) is 2.87. The Morgan fingerprint density at radius 3 is 2.67 bits per heavy atom. The van der Waals surface area contributed by atoms with Crippen molar-refractivity contribution in [2.24, 2.45) is 5.41 Å². The summed E-state index contributed by atoms with van der Waals surface area (Å²) >= 11 is 0. The molecule has 0 bridgehead atoms. The summed E-state index contributed by atoms with van der Waals surface area (Å²) in [6.07, 6.45) is 1.11. The van der Waals surface area contributed by atoms with Crippen LogP contribution >= 0.6 is 12.4 Å². The molecule has 3 rings (SSSR count). The van der Waals surface area contributed by atoms with Gasteiger partial charge >= 0.3 is 6.61 Å². The topological polar surface area (TPSA) is 43.0 Å². The van der Waals surface area contributed by atoms with E-state index in [1.807, 2.05) is 7.05 Å². The zero-order valence-electron chi connectivity index (χ0n) is 13.8. The van der Waals surface area contributed by atoms with Crippen LogP contribution in [0.5, 0.6) is 17.2 Å². The van der Waals surface area contributed by atoms with E-state index in [1.165, 1.54) is 6.07 Å². The average Bonchev–Trinajstić information content (AvgIpc) is 3.07. The van der Waals surface area contributed by atoms with Gasteiger partial charge in [-0.05, 0) is 31.5 Å². The van der Waals surface area contributed by atoms with Gasteiger partial charge in [-0.15, -0.1) is 12.4 Å². The zero-order valence-corrected chi connectivity index (χ0v) is 14.6. The van der Waals surface area contributed by atoms with E-state index >= 15 is 0 Å². The van der Waals surface area contributed by atoms with E-state index in [-0.39, 0.29) is 30.4 Å². The minimum absolute atomic E-state index is 0. The summed E-state index contributed by atoms with van der Waals surface area (Å²) in [5.41, 5.74) is 0.876. The number of rotatable bonds is 6. The molecule has 0 radical (unpaired) electrons. The Bertz CT molecular complexity index is 568. The predicted molar refractivity (Wildman–Crippen MR) is 88.4 cm³/mol. The van der Waals surface area contributed by atoms with Gasteiger partial charge < -0.3 is 24.4 Å². The minimum Gasteiger partial charge on any atom is -0.454 e. The Morgan fingerprint density at radius 2 is 2.04 bits per heavy atom. The maximum absolute atomic E-state index is 12.7.